The van der Waals surface area contributed by atoms with E-state index >= 15 is 0 Å². The Labute approximate surface area is 226 Å². The second-order valence-corrected chi connectivity index (χ2v) is 10.9. The molecule has 5 atom stereocenters. The lowest BCUT2D eigenvalue weighted by Gasteiger charge is -2.50. The van der Waals surface area contributed by atoms with Gasteiger partial charge in [-0.3, -0.25) is 14.4 Å². The second kappa shape index (κ2) is 9.43. The molecule has 202 valence electrons. The number of aliphatic hydroxyl groups is 3. The van der Waals surface area contributed by atoms with Crippen LogP contribution in [-0.2, 0) is 16.0 Å². The van der Waals surface area contributed by atoms with E-state index in [4.69, 9.17) is 0 Å². The molecule has 0 saturated carbocycles. The van der Waals surface area contributed by atoms with Crippen LogP contribution in [0, 0.1) is 11.8 Å². The number of carbonyl (C=O) groups excluding carboxylic acids is 3. The number of allylic oxidation sites excluding steroid dienone is 1. The molecule has 7 nitrogen and oxygen atoms in total. The van der Waals surface area contributed by atoms with Crippen LogP contribution in [0.4, 0.5) is 0 Å². The number of benzene rings is 2. The number of phenols is 1. The standard InChI is InChI=1S/C32H32O7/c1-5-18-6-8-19(9-7-18)10-11-20-12-13-21-16(3)24-26(29(36)25(21)27(20)34)31(38)32(39)22(28(24)35)14-15(2)23(17(4)33)30(32)37/h6-13,16,22,24,28,34-35,38-39H,5,14H2,1-4H3/b11-10+. The fourth-order valence-electron chi connectivity index (χ4n) is 6.59. The summed E-state index contributed by atoms with van der Waals surface area (Å²) in [7, 11) is 0. The highest BCUT2D eigenvalue weighted by molar-refractivity contribution is 6.25. The first kappa shape index (κ1) is 26.8. The van der Waals surface area contributed by atoms with Crippen molar-refractivity contribution < 1.29 is 34.8 Å². The van der Waals surface area contributed by atoms with Crippen molar-refractivity contribution in [2.45, 2.75) is 58.2 Å². The molecule has 0 saturated heterocycles. The largest absolute Gasteiger partial charge is 0.508 e. The zero-order valence-electron chi connectivity index (χ0n) is 22.4. The van der Waals surface area contributed by atoms with E-state index in [1.54, 1.807) is 32.1 Å². The molecule has 0 aliphatic heterocycles. The van der Waals surface area contributed by atoms with Crippen molar-refractivity contribution in [3.63, 3.8) is 0 Å². The normalized spacial score (nSPS) is 28.5. The molecule has 4 N–H and O–H groups in total. The van der Waals surface area contributed by atoms with Crippen LogP contribution in [0.3, 0.4) is 0 Å². The average Bonchev–Trinajstić information content (AvgIpc) is 2.90. The molecule has 2 aromatic rings. The molecule has 5 rings (SSSR count). The lowest BCUT2D eigenvalue weighted by atomic mass is 9.56. The third-order valence-electron chi connectivity index (χ3n) is 8.73. The molecule has 0 bridgehead atoms. The van der Waals surface area contributed by atoms with Gasteiger partial charge in [0.1, 0.15) is 11.5 Å². The molecule has 3 aliphatic carbocycles. The van der Waals surface area contributed by atoms with Crippen LogP contribution in [-0.4, -0.2) is 49.5 Å². The smallest absolute Gasteiger partial charge is 0.206 e. The first-order chi connectivity index (χ1) is 18.4. The third kappa shape index (κ3) is 3.83. The van der Waals surface area contributed by atoms with Crippen LogP contribution in [0.15, 0.2) is 58.9 Å². The Kier molecular flexibility index (Phi) is 6.48. The Balaban J connectivity index is 1.62. The predicted octanol–water partition coefficient (Wildman–Crippen LogP) is 4.45. The Morgan fingerprint density at radius 3 is 2.36 bits per heavy atom. The van der Waals surface area contributed by atoms with Gasteiger partial charge in [-0.15, -0.1) is 0 Å². The SMILES string of the molecule is CCc1ccc(/C=C/c2ccc3c(c2O)C(=O)C2=C(O)C4(O)C(=O)C(C(C)=O)=C(C)CC4C(O)C2C3C)cc1. The minimum absolute atomic E-state index is 0.00808. The van der Waals surface area contributed by atoms with Crippen LogP contribution in [0.1, 0.15) is 72.6 Å². The number of aryl methyl sites for hydroxylation is 1. The molecular formula is C32H32O7. The Bertz CT molecular complexity index is 1510. The van der Waals surface area contributed by atoms with Crippen LogP contribution in [0.2, 0.25) is 0 Å². The Hall–Kier alpha value is -3.81. The summed E-state index contributed by atoms with van der Waals surface area (Å²) >= 11 is 0. The van der Waals surface area contributed by atoms with Gasteiger partial charge < -0.3 is 20.4 Å². The summed E-state index contributed by atoms with van der Waals surface area (Å²) in [5, 5.41) is 45.6. The first-order valence-corrected chi connectivity index (χ1v) is 13.2. The summed E-state index contributed by atoms with van der Waals surface area (Å²) < 4.78 is 0. The van der Waals surface area contributed by atoms with E-state index in [0.29, 0.717) is 16.7 Å². The fraction of sp³-hybridized carbons (Fsp3) is 0.344. The van der Waals surface area contributed by atoms with Gasteiger partial charge in [0.05, 0.1) is 17.2 Å². The number of ketones is 3. The number of fused-ring (bicyclic) bond motifs is 3. The summed E-state index contributed by atoms with van der Waals surface area (Å²) in [5.74, 6) is -6.05. The van der Waals surface area contributed by atoms with Gasteiger partial charge in [-0.1, -0.05) is 68.0 Å². The van der Waals surface area contributed by atoms with Gasteiger partial charge >= 0.3 is 0 Å². The number of hydrogen-bond acceptors (Lipinski definition) is 7. The lowest BCUT2D eigenvalue weighted by molar-refractivity contribution is -0.153. The quantitative estimate of drug-likeness (QED) is 0.340. The summed E-state index contributed by atoms with van der Waals surface area (Å²) in [4.78, 5) is 39.4. The maximum Gasteiger partial charge on any atom is 0.206 e. The van der Waals surface area contributed by atoms with E-state index in [1.165, 1.54) is 12.5 Å². The molecule has 5 unspecified atom stereocenters. The fourth-order valence-corrected chi connectivity index (χ4v) is 6.59. The lowest BCUT2D eigenvalue weighted by Crippen LogP contribution is -2.62. The summed E-state index contributed by atoms with van der Waals surface area (Å²) in [6.07, 6.45) is 3.07. The van der Waals surface area contributed by atoms with Crippen molar-refractivity contribution in [2.75, 3.05) is 0 Å². The molecule has 0 amide bonds. The van der Waals surface area contributed by atoms with Gasteiger partial charge in [-0.2, -0.15) is 0 Å². The predicted molar refractivity (Wildman–Crippen MR) is 146 cm³/mol. The van der Waals surface area contributed by atoms with Gasteiger partial charge in [0.2, 0.25) is 5.78 Å². The van der Waals surface area contributed by atoms with E-state index < -0.39 is 52.6 Å². The number of Topliss-reactive ketones (excluding diaryl/α,β-unsaturated/α-hetero) is 3. The maximum absolute atomic E-state index is 13.9. The molecule has 2 aromatic carbocycles. The maximum atomic E-state index is 13.9. The van der Waals surface area contributed by atoms with Crippen molar-refractivity contribution >= 4 is 29.5 Å². The molecule has 0 spiro atoms. The van der Waals surface area contributed by atoms with Crippen molar-refractivity contribution in [1.82, 2.24) is 0 Å². The van der Waals surface area contributed by atoms with Crippen LogP contribution in [0.25, 0.3) is 12.2 Å². The molecule has 0 fully saturated rings. The zero-order valence-corrected chi connectivity index (χ0v) is 22.4. The second-order valence-electron chi connectivity index (χ2n) is 10.9. The van der Waals surface area contributed by atoms with Crippen molar-refractivity contribution in [3.05, 3.63) is 86.7 Å². The molecule has 39 heavy (non-hydrogen) atoms. The number of phenolic OH excluding ortho intramolecular Hbond substituents is 1. The van der Waals surface area contributed by atoms with Crippen LogP contribution < -0.4 is 0 Å². The van der Waals surface area contributed by atoms with E-state index in [9.17, 15) is 34.8 Å². The number of carbonyl (C=O) groups is 3. The number of aliphatic hydroxyl groups excluding tert-OH is 2. The molecule has 0 heterocycles. The molecular weight excluding hydrogens is 496 g/mol. The highest BCUT2D eigenvalue weighted by atomic mass is 16.4. The summed E-state index contributed by atoms with van der Waals surface area (Å²) in [5.41, 5.74) is 0.227. The van der Waals surface area contributed by atoms with Crippen molar-refractivity contribution in [3.8, 4) is 5.75 Å². The van der Waals surface area contributed by atoms with Gasteiger partial charge in [0.15, 0.2) is 17.2 Å². The topological polar surface area (TPSA) is 132 Å². The highest BCUT2D eigenvalue weighted by Gasteiger charge is 2.63. The first-order valence-electron chi connectivity index (χ1n) is 13.2. The van der Waals surface area contributed by atoms with Crippen molar-refractivity contribution in [1.29, 1.82) is 0 Å². The van der Waals surface area contributed by atoms with Gasteiger partial charge in [0.25, 0.3) is 0 Å². The van der Waals surface area contributed by atoms with Crippen LogP contribution in [0.5, 0.6) is 5.75 Å². The minimum Gasteiger partial charge on any atom is -0.508 e. The van der Waals surface area contributed by atoms with E-state index in [0.717, 1.165) is 12.0 Å². The summed E-state index contributed by atoms with van der Waals surface area (Å²) in [6.45, 7) is 6.63. The minimum atomic E-state index is -2.61. The monoisotopic (exact) mass is 528 g/mol. The molecule has 7 heteroatoms. The van der Waals surface area contributed by atoms with Crippen LogP contribution >= 0.6 is 0 Å². The third-order valence-corrected chi connectivity index (χ3v) is 8.73. The van der Waals surface area contributed by atoms with E-state index in [-0.39, 0.29) is 28.9 Å². The molecule has 0 aromatic heterocycles. The van der Waals surface area contributed by atoms with Crippen molar-refractivity contribution in [2.24, 2.45) is 11.8 Å². The zero-order chi connectivity index (χ0) is 28.4. The van der Waals surface area contributed by atoms with Gasteiger partial charge in [-0.05, 0) is 49.3 Å². The number of hydrogen-bond donors (Lipinski definition) is 4. The highest BCUT2D eigenvalue weighted by Crippen LogP contribution is 2.55. The molecule has 3 aliphatic rings. The Morgan fingerprint density at radius 1 is 1.08 bits per heavy atom. The number of rotatable bonds is 4. The van der Waals surface area contributed by atoms with Gasteiger partial charge in [0, 0.05) is 23.0 Å². The molecule has 0 radical (unpaired) electrons. The summed E-state index contributed by atoms with van der Waals surface area (Å²) in [6, 6.07) is 11.4. The average molecular weight is 529 g/mol. The number of aromatic hydroxyl groups is 1. The van der Waals surface area contributed by atoms with Gasteiger partial charge in [-0.25, -0.2) is 0 Å². The van der Waals surface area contributed by atoms with E-state index in [1.807, 2.05) is 30.3 Å². The Morgan fingerprint density at radius 2 is 1.74 bits per heavy atom. The van der Waals surface area contributed by atoms with E-state index in [2.05, 4.69) is 6.92 Å².